The van der Waals surface area contributed by atoms with Gasteiger partial charge in [-0.1, -0.05) is 25.1 Å². The van der Waals surface area contributed by atoms with Crippen LogP contribution in [0.25, 0.3) is 10.9 Å². The average molecular weight is 324 g/mol. The van der Waals surface area contributed by atoms with Crippen LogP contribution in [0.1, 0.15) is 31.0 Å². The maximum atomic E-state index is 13.3. The van der Waals surface area contributed by atoms with E-state index in [0.717, 1.165) is 34.1 Å². The van der Waals surface area contributed by atoms with Crippen LogP contribution in [0, 0.1) is 12.7 Å². The molecule has 3 rings (SSSR count). The molecule has 1 heterocycles. The van der Waals surface area contributed by atoms with E-state index in [9.17, 15) is 9.18 Å². The second-order valence-corrected chi connectivity index (χ2v) is 6.05. The third-order valence-corrected chi connectivity index (χ3v) is 4.47. The number of anilines is 1. The second kappa shape index (κ2) is 6.48. The summed E-state index contributed by atoms with van der Waals surface area (Å²) in [6, 6.07) is 12.1. The Labute approximate surface area is 141 Å². The van der Waals surface area contributed by atoms with Gasteiger partial charge in [0.15, 0.2) is 0 Å². The quantitative estimate of drug-likeness (QED) is 0.731. The minimum absolute atomic E-state index is 0.0826. The summed E-state index contributed by atoms with van der Waals surface area (Å²) in [6.07, 6.45) is 2.68. The van der Waals surface area contributed by atoms with Gasteiger partial charge in [0.25, 0.3) is 0 Å². The Hall–Kier alpha value is -2.62. The predicted octanol–water partition coefficient (Wildman–Crippen LogP) is 4.85. The molecule has 0 aliphatic carbocycles. The zero-order valence-corrected chi connectivity index (χ0v) is 14.1. The highest BCUT2D eigenvalue weighted by Gasteiger charge is 2.18. The highest BCUT2D eigenvalue weighted by molar-refractivity contribution is 5.96. The fourth-order valence-corrected chi connectivity index (χ4v) is 3.03. The standard InChI is InChI=1S/C20H21FN2O/c1-4-15-7-5-6-13(2)19(15)22-20(24)14(3)23-11-10-16-12-17(21)8-9-18(16)23/h5-12,14H,4H2,1-3H3,(H,22,24). The van der Waals surface area contributed by atoms with Gasteiger partial charge in [0.05, 0.1) is 0 Å². The Morgan fingerprint density at radius 3 is 2.79 bits per heavy atom. The fourth-order valence-electron chi connectivity index (χ4n) is 3.03. The van der Waals surface area contributed by atoms with E-state index in [1.807, 2.05) is 48.9 Å². The van der Waals surface area contributed by atoms with Crippen LogP contribution in [-0.4, -0.2) is 10.5 Å². The minimum Gasteiger partial charge on any atom is -0.335 e. The number of nitrogens with zero attached hydrogens (tertiary/aromatic N) is 1. The van der Waals surface area contributed by atoms with Crippen LogP contribution in [0.2, 0.25) is 0 Å². The van der Waals surface area contributed by atoms with Crippen molar-refractivity contribution in [1.29, 1.82) is 0 Å². The Bertz CT molecular complexity index is 898. The van der Waals surface area contributed by atoms with Crippen molar-refractivity contribution in [2.45, 2.75) is 33.2 Å². The number of carbonyl (C=O) groups excluding carboxylic acids is 1. The molecule has 1 aromatic heterocycles. The van der Waals surface area contributed by atoms with Crippen LogP contribution in [0.5, 0.6) is 0 Å². The van der Waals surface area contributed by atoms with Crippen LogP contribution in [-0.2, 0) is 11.2 Å². The lowest BCUT2D eigenvalue weighted by Gasteiger charge is -2.18. The van der Waals surface area contributed by atoms with E-state index in [4.69, 9.17) is 0 Å². The van der Waals surface area contributed by atoms with E-state index in [1.54, 1.807) is 6.07 Å². The zero-order valence-electron chi connectivity index (χ0n) is 14.1. The van der Waals surface area contributed by atoms with Crippen LogP contribution in [0.15, 0.2) is 48.7 Å². The van der Waals surface area contributed by atoms with Crippen molar-refractivity contribution in [2.75, 3.05) is 5.32 Å². The molecule has 0 aliphatic heterocycles. The number of fused-ring (bicyclic) bond motifs is 1. The van der Waals surface area contributed by atoms with Gasteiger partial charge in [-0.15, -0.1) is 0 Å². The molecule has 0 bridgehead atoms. The number of amides is 1. The Balaban J connectivity index is 1.90. The molecule has 0 aliphatic rings. The van der Waals surface area contributed by atoms with Gasteiger partial charge in [0.2, 0.25) is 5.91 Å². The monoisotopic (exact) mass is 324 g/mol. The number of benzene rings is 2. The molecular formula is C20H21FN2O. The van der Waals surface area contributed by atoms with Crippen molar-refractivity contribution in [3.63, 3.8) is 0 Å². The number of aryl methyl sites for hydroxylation is 2. The Kier molecular flexibility index (Phi) is 4.38. The molecule has 3 nitrogen and oxygen atoms in total. The van der Waals surface area contributed by atoms with Gasteiger partial charge in [-0.2, -0.15) is 0 Å². The van der Waals surface area contributed by atoms with Crippen molar-refractivity contribution < 1.29 is 9.18 Å². The van der Waals surface area contributed by atoms with Crippen LogP contribution >= 0.6 is 0 Å². The van der Waals surface area contributed by atoms with Crippen LogP contribution in [0.3, 0.4) is 0 Å². The normalized spacial score (nSPS) is 12.3. The lowest BCUT2D eigenvalue weighted by Crippen LogP contribution is -2.24. The first kappa shape index (κ1) is 16.2. The van der Waals surface area contributed by atoms with Crippen molar-refractivity contribution >= 4 is 22.5 Å². The summed E-state index contributed by atoms with van der Waals surface area (Å²) in [6.45, 7) is 5.91. The van der Waals surface area contributed by atoms with E-state index in [1.165, 1.54) is 12.1 Å². The molecule has 0 saturated heterocycles. The summed E-state index contributed by atoms with van der Waals surface area (Å²) in [7, 11) is 0. The number of hydrogen-bond acceptors (Lipinski definition) is 1. The first-order valence-electron chi connectivity index (χ1n) is 8.16. The molecule has 0 fully saturated rings. The summed E-state index contributed by atoms with van der Waals surface area (Å²) in [5.74, 6) is -0.356. The van der Waals surface area contributed by atoms with Crippen LogP contribution in [0.4, 0.5) is 10.1 Å². The lowest BCUT2D eigenvalue weighted by atomic mass is 10.1. The van der Waals surface area contributed by atoms with Gasteiger partial charge in [0.1, 0.15) is 11.9 Å². The van der Waals surface area contributed by atoms with E-state index in [-0.39, 0.29) is 11.7 Å². The minimum atomic E-state index is -0.391. The largest absolute Gasteiger partial charge is 0.335 e. The number of nitrogens with one attached hydrogen (secondary N) is 1. The highest BCUT2D eigenvalue weighted by atomic mass is 19.1. The average Bonchev–Trinajstić information content (AvgIpc) is 2.98. The lowest BCUT2D eigenvalue weighted by molar-refractivity contribution is -0.118. The van der Waals surface area contributed by atoms with Crippen molar-refractivity contribution in [3.8, 4) is 0 Å². The molecule has 124 valence electrons. The van der Waals surface area contributed by atoms with Gasteiger partial charge in [-0.05, 0) is 55.7 Å². The fraction of sp³-hybridized carbons (Fsp3) is 0.250. The van der Waals surface area contributed by atoms with E-state index < -0.39 is 6.04 Å². The first-order chi connectivity index (χ1) is 11.5. The van der Waals surface area contributed by atoms with Crippen LogP contribution < -0.4 is 5.32 Å². The molecule has 24 heavy (non-hydrogen) atoms. The predicted molar refractivity (Wildman–Crippen MR) is 95.8 cm³/mol. The number of aromatic nitrogens is 1. The highest BCUT2D eigenvalue weighted by Crippen LogP contribution is 2.25. The van der Waals surface area contributed by atoms with Crippen molar-refractivity contribution in [1.82, 2.24) is 4.57 Å². The number of carbonyl (C=O) groups is 1. The number of halogens is 1. The first-order valence-corrected chi connectivity index (χ1v) is 8.16. The second-order valence-electron chi connectivity index (χ2n) is 6.05. The molecule has 0 saturated carbocycles. The van der Waals surface area contributed by atoms with Gasteiger partial charge in [-0.25, -0.2) is 4.39 Å². The maximum Gasteiger partial charge on any atom is 0.247 e. The van der Waals surface area contributed by atoms with Gasteiger partial charge in [0, 0.05) is 22.8 Å². The molecule has 1 atom stereocenters. The number of para-hydroxylation sites is 1. The van der Waals surface area contributed by atoms with E-state index >= 15 is 0 Å². The molecule has 1 amide bonds. The smallest absolute Gasteiger partial charge is 0.247 e. The third-order valence-electron chi connectivity index (χ3n) is 4.47. The molecule has 3 aromatic rings. The number of rotatable bonds is 4. The van der Waals surface area contributed by atoms with Gasteiger partial charge < -0.3 is 9.88 Å². The molecule has 1 N–H and O–H groups in total. The summed E-state index contributed by atoms with van der Waals surface area (Å²) < 4.78 is 15.2. The molecule has 0 spiro atoms. The molecule has 2 aromatic carbocycles. The summed E-state index contributed by atoms with van der Waals surface area (Å²) in [5, 5.41) is 3.85. The van der Waals surface area contributed by atoms with Gasteiger partial charge >= 0.3 is 0 Å². The SMILES string of the molecule is CCc1cccc(C)c1NC(=O)C(C)n1ccc2cc(F)ccc21. The zero-order chi connectivity index (χ0) is 17.3. The maximum absolute atomic E-state index is 13.3. The van der Waals surface area contributed by atoms with Crippen molar-refractivity contribution in [3.05, 3.63) is 65.6 Å². The summed E-state index contributed by atoms with van der Waals surface area (Å²) >= 11 is 0. The molecular weight excluding hydrogens is 303 g/mol. The van der Waals surface area contributed by atoms with E-state index in [0.29, 0.717) is 0 Å². The Morgan fingerprint density at radius 2 is 2.04 bits per heavy atom. The Morgan fingerprint density at radius 1 is 1.25 bits per heavy atom. The molecule has 0 radical (unpaired) electrons. The van der Waals surface area contributed by atoms with Gasteiger partial charge in [-0.3, -0.25) is 4.79 Å². The summed E-state index contributed by atoms with van der Waals surface area (Å²) in [5.41, 5.74) is 3.91. The molecule has 1 unspecified atom stereocenters. The topological polar surface area (TPSA) is 34.0 Å². The third kappa shape index (κ3) is 2.92. The van der Waals surface area contributed by atoms with E-state index in [2.05, 4.69) is 12.2 Å². The number of hydrogen-bond donors (Lipinski definition) is 1. The summed E-state index contributed by atoms with van der Waals surface area (Å²) in [4.78, 5) is 12.7. The molecule has 4 heteroatoms. The van der Waals surface area contributed by atoms with Crippen molar-refractivity contribution in [2.24, 2.45) is 0 Å².